The van der Waals surface area contributed by atoms with Crippen LogP contribution in [0, 0.1) is 83.1 Å². The first-order chi connectivity index (χ1) is 41.6. The SMILES string of the molecule is Cc1c(O)cc(O)c(C(C)(C)C)c1C.Cc1cc(C(C)(C)C)c(C)cc1O.Cc1cc(C(C)(C)C)c(O)cc1O.Cc1cc(O)c(C)c(C)c1C(C)(C)C.Cc1cc(O)cc(O)c1C(C)(C)C.Cc1cc(O)cc(O)c1C(C)(C)C.Cc1nc(C)c(C(C)(C)C)c(=O)[nH]1. The molecule has 7 rings (SSSR count). The number of hydrogen-bond donors (Lipinski definition) is 11. The molecule has 93 heavy (non-hydrogen) atoms. The largest absolute Gasteiger partial charge is 0.508 e. The minimum Gasteiger partial charge on any atom is -0.508 e. The summed E-state index contributed by atoms with van der Waals surface area (Å²) >= 11 is 0. The van der Waals surface area contributed by atoms with Gasteiger partial charge in [-0.2, -0.15) is 0 Å². The van der Waals surface area contributed by atoms with Crippen molar-refractivity contribution in [2.75, 3.05) is 0 Å². The third-order valence-corrected chi connectivity index (χ3v) is 16.0. The molecule has 0 atom stereocenters. The van der Waals surface area contributed by atoms with Gasteiger partial charge in [0.2, 0.25) is 0 Å². The van der Waals surface area contributed by atoms with Gasteiger partial charge >= 0.3 is 0 Å². The number of rotatable bonds is 0. The number of aromatic hydroxyl groups is 10. The zero-order valence-electron chi connectivity index (χ0n) is 63.1. The smallest absolute Gasteiger partial charge is 0.254 e. The highest BCUT2D eigenvalue weighted by molar-refractivity contribution is 5.54. The summed E-state index contributed by atoms with van der Waals surface area (Å²) in [4.78, 5) is 18.6. The van der Waals surface area contributed by atoms with Gasteiger partial charge in [-0.3, -0.25) is 4.79 Å². The van der Waals surface area contributed by atoms with Crippen LogP contribution in [-0.4, -0.2) is 61.0 Å². The third kappa shape index (κ3) is 23.9. The van der Waals surface area contributed by atoms with Crippen LogP contribution in [0.2, 0.25) is 0 Å². The van der Waals surface area contributed by atoms with Crippen molar-refractivity contribution >= 4 is 0 Å². The van der Waals surface area contributed by atoms with E-state index in [1.165, 1.54) is 46.5 Å². The molecule has 0 bridgehead atoms. The van der Waals surface area contributed by atoms with E-state index in [1.807, 2.05) is 184 Å². The van der Waals surface area contributed by atoms with Crippen LogP contribution in [0.4, 0.5) is 0 Å². The van der Waals surface area contributed by atoms with Crippen molar-refractivity contribution in [3.05, 3.63) is 177 Å². The van der Waals surface area contributed by atoms with Gasteiger partial charge in [0.25, 0.3) is 5.56 Å². The monoisotopic (exact) mass is 1280 g/mol. The van der Waals surface area contributed by atoms with Crippen LogP contribution in [0.3, 0.4) is 0 Å². The first-order valence-corrected chi connectivity index (χ1v) is 31.9. The molecule has 0 saturated carbocycles. The van der Waals surface area contributed by atoms with Crippen molar-refractivity contribution < 1.29 is 51.1 Å². The number of benzene rings is 6. The Balaban J connectivity index is 0.000000543. The van der Waals surface area contributed by atoms with Crippen LogP contribution < -0.4 is 5.56 Å². The molecule has 0 radical (unpaired) electrons. The summed E-state index contributed by atoms with van der Waals surface area (Å²) in [7, 11) is 0. The van der Waals surface area contributed by atoms with E-state index in [0.29, 0.717) is 17.3 Å². The van der Waals surface area contributed by atoms with Gasteiger partial charge in [-0.15, -0.1) is 0 Å². The Morgan fingerprint density at radius 1 is 0.269 bits per heavy atom. The van der Waals surface area contributed by atoms with Gasteiger partial charge in [0, 0.05) is 52.2 Å². The Kier molecular flexibility index (Phi) is 28.1. The van der Waals surface area contributed by atoms with E-state index in [0.717, 1.165) is 78.0 Å². The average molecular weight is 1290 g/mol. The topological polar surface area (TPSA) is 248 Å². The van der Waals surface area contributed by atoms with Crippen molar-refractivity contribution in [2.45, 2.75) is 266 Å². The zero-order chi connectivity index (χ0) is 73.3. The average Bonchev–Trinajstić information content (AvgIpc) is 0.872. The first kappa shape index (κ1) is 83.2. The van der Waals surface area contributed by atoms with Gasteiger partial charge in [-0.05, 0) is 224 Å². The molecule has 7 aromatic rings. The van der Waals surface area contributed by atoms with Gasteiger partial charge in [0.1, 0.15) is 63.3 Å². The van der Waals surface area contributed by atoms with E-state index in [4.69, 9.17) is 0 Å². The van der Waals surface area contributed by atoms with Crippen molar-refractivity contribution in [1.82, 2.24) is 9.97 Å². The van der Waals surface area contributed by atoms with E-state index in [1.54, 1.807) is 19.1 Å². The van der Waals surface area contributed by atoms with E-state index in [-0.39, 0.29) is 89.5 Å². The Morgan fingerprint density at radius 3 is 0.914 bits per heavy atom. The molecule has 0 saturated heterocycles. The lowest BCUT2D eigenvalue weighted by Gasteiger charge is -2.25. The Hall–Kier alpha value is -7.80. The first-order valence-electron chi connectivity index (χ1n) is 31.9. The van der Waals surface area contributed by atoms with Gasteiger partial charge in [0.05, 0.1) is 0 Å². The Labute approximate surface area is 559 Å². The molecule has 1 heterocycles. The fourth-order valence-electron chi connectivity index (χ4n) is 12.0. The summed E-state index contributed by atoms with van der Waals surface area (Å²) in [6.45, 7) is 66.8. The summed E-state index contributed by atoms with van der Waals surface area (Å²) in [5, 5.41) is 95.1. The maximum atomic E-state index is 11.6. The quantitative estimate of drug-likeness (QED) is 0.0679. The maximum absolute atomic E-state index is 11.6. The van der Waals surface area contributed by atoms with Crippen LogP contribution in [0.15, 0.2) is 65.5 Å². The highest BCUT2D eigenvalue weighted by Crippen LogP contribution is 2.41. The molecule has 1 aromatic heterocycles. The summed E-state index contributed by atoms with van der Waals surface area (Å²) in [5.74, 6) is 2.70. The summed E-state index contributed by atoms with van der Waals surface area (Å²) in [5.41, 5.74) is 17.5. The van der Waals surface area contributed by atoms with Crippen LogP contribution >= 0.6 is 0 Å². The predicted octanol–water partition coefficient (Wildman–Crippen LogP) is 19.7. The number of nitrogens with zero attached hydrogens (tertiary/aromatic N) is 1. The Bertz CT molecular complexity index is 3500. The molecule has 6 aromatic carbocycles. The second kappa shape index (κ2) is 31.4. The predicted molar refractivity (Wildman–Crippen MR) is 388 cm³/mol. The van der Waals surface area contributed by atoms with Gasteiger partial charge in [0.15, 0.2) is 0 Å². The summed E-state index contributed by atoms with van der Waals surface area (Å²) < 4.78 is 0. The lowest BCUT2D eigenvalue weighted by atomic mass is 9.80. The molecule has 0 aliphatic rings. The normalized spacial score (nSPS) is 11.8. The number of aromatic nitrogens is 2. The number of hydrogen-bond acceptors (Lipinski definition) is 12. The zero-order valence-corrected chi connectivity index (χ0v) is 63.1. The van der Waals surface area contributed by atoms with E-state index in [9.17, 15) is 55.9 Å². The molecule has 0 aliphatic heterocycles. The molecule has 0 amide bonds. The molecule has 516 valence electrons. The van der Waals surface area contributed by atoms with E-state index in [2.05, 4.69) is 71.4 Å². The van der Waals surface area contributed by atoms with Gasteiger partial charge in [-0.25, -0.2) is 4.98 Å². The van der Waals surface area contributed by atoms with Crippen molar-refractivity contribution in [2.24, 2.45) is 0 Å². The number of aromatic amines is 1. The number of phenolic OH excluding ortho intramolecular Hbond substituents is 10. The molecular weight excluding hydrogens is 1160 g/mol. The molecule has 0 fully saturated rings. The highest BCUT2D eigenvalue weighted by atomic mass is 16.3. The van der Waals surface area contributed by atoms with Crippen molar-refractivity contribution in [3.8, 4) is 57.5 Å². The lowest BCUT2D eigenvalue weighted by Crippen LogP contribution is -2.27. The fourth-order valence-corrected chi connectivity index (χ4v) is 12.0. The van der Waals surface area contributed by atoms with E-state index >= 15 is 0 Å². The highest BCUT2D eigenvalue weighted by Gasteiger charge is 2.27. The van der Waals surface area contributed by atoms with Gasteiger partial charge in [-0.1, -0.05) is 151 Å². The van der Waals surface area contributed by atoms with Crippen LogP contribution in [0.1, 0.15) is 251 Å². The van der Waals surface area contributed by atoms with Crippen LogP contribution in [0.25, 0.3) is 0 Å². The minimum absolute atomic E-state index is 0.0162. The molecule has 13 nitrogen and oxygen atoms in total. The number of nitrogens with one attached hydrogen (secondary N) is 1. The van der Waals surface area contributed by atoms with E-state index < -0.39 is 0 Å². The summed E-state index contributed by atoms with van der Waals surface area (Å²) in [6, 6.07) is 16.5. The molecule has 0 aliphatic carbocycles. The standard InChI is InChI=1S/C13H20O.C12H18O2.C12H18O.3C11H16O2.C10H16N2O/c1-8-7-11(14)9(2)10(3)12(8)13(4,5)6;1-7-8(2)11(12(3,4)5)10(14)6-9(7)13;1-8-7-11(13)9(2)6-10(8)12(3,4)5;1-7-5-8(11(2,3)4)10(13)6-9(7)12;2*1-7-5-8(12)6-9(13)10(7)11(2,3)4;1-6-8(10(3,4)5)9(13)12-7(2)11-6/h7,14H,1-6H3;6,13-14H,1-5H3;6-7,13H,1-5H3;3*5-6,12-13H,1-4H3;1-5H3,(H,11,12,13). The molecule has 0 unspecified atom stereocenters. The molecule has 11 N–H and O–H groups in total. The van der Waals surface area contributed by atoms with Crippen LogP contribution in [-0.2, 0) is 37.9 Å². The molecule has 13 heteroatoms. The minimum atomic E-state index is -0.141. The Morgan fingerprint density at radius 2 is 0.570 bits per heavy atom. The number of H-pyrrole nitrogens is 1. The lowest BCUT2D eigenvalue weighted by molar-refractivity contribution is 0.427. The summed E-state index contributed by atoms with van der Waals surface area (Å²) in [6.07, 6.45) is 0. The fraction of sp³-hybridized carbons (Fsp3) is 0.500. The number of aryl methyl sites for hydroxylation is 8. The van der Waals surface area contributed by atoms with Crippen LogP contribution in [0.5, 0.6) is 57.5 Å². The van der Waals surface area contributed by atoms with Gasteiger partial charge < -0.3 is 56.0 Å². The van der Waals surface area contributed by atoms with Crippen molar-refractivity contribution in [3.63, 3.8) is 0 Å². The molecule has 0 spiro atoms. The number of phenols is 10. The second-order valence-electron chi connectivity index (χ2n) is 32.2. The second-order valence-corrected chi connectivity index (χ2v) is 32.2. The molecular formula is C80H120N2O11. The van der Waals surface area contributed by atoms with Crippen molar-refractivity contribution in [1.29, 1.82) is 0 Å². The third-order valence-electron chi connectivity index (χ3n) is 16.0. The maximum Gasteiger partial charge on any atom is 0.254 e.